The van der Waals surface area contributed by atoms with Crippen molar-refractivity contribution in [3.63, 3.8) is 0 Å². The molecule has 10 nitrogen and oxygen atoms in total. The van der Waals surface area contributed by atoms with E-state index in [0.29, 0.717) is 29.7 Å². The number of halogens is 3. The maximum Gasteiger partial charge on any atom is 0.475 e. The van der Waals surface area contributed by atoms with Crippen LogP contribution >= 0.6 is 7.82 Å². The highest BCUT2D eigenvalue weighted by molar-refractivity contribution is 7.48. The Kier molecular flexibility index (Phi) is 11.4. The molecule has 2 N–H and O–H groups in total. The van der Waals surface area contributed by atoms with Gasteiger partial charge >= 0.3 is 20.0 Å². The number of phosphoric acid groups is 1. The van der Waals surface area contributed by atoms with Crippen molar-refractivity contribution in [2.24, 2.45) is 0 Å². The molecule has 2 atom stereocenters. The van der Waals surface area contributed by atoms with Crippen LogP contribution in [-0.4, -0.2) is 40.0 Å². The van der Waals surface area contributed by atoms with Gasteiger partial charge in [0.05, 0.1) is 24.8 Å². The van der Waals surface area contributed by atoms with Crippen LogP contribution in [0.2, 0.25) is 0 Å². The van der Waals surface area contributed by atoms with E-state index in [0.717, 1.165) is 40.5 Å². The molecule has 1 aliphatic carbocycles. The maximum atomic E-state index is 14.0. The van der Waals surface area contributed by atoms with Crippen LogP contribution in [0.3, 0.4) is 0 Å². The molecule has 1 fully saturated rings. The number of nitrogens with one attached hydrogen (secondary N) is 2. The Labute approximate surface area is 301 Å². The van der Waals surface area contributed by atoms with E-state index in [4.69, 9.17) is 23.0 Å². The van der Waals surface area contributed by atoms with Crippen molar-refractivity contribution in [1.82, 2.24) is 15.2 Å². The van der Waals surface area contributed by atoms with Gasteiger partial charge in [0.15, 0.2) is 0 Å². The van der Waals surface area contributed by atoms with Gasteiger partial charge in [0.2, 0.25) is 0 Å². The molecule has 0 spiro atoms. The zero-order valence-corrected chi connectivity index (χ0v) is 30.5. The average Bonchev–Trinajstić information content (AvgIpc) is 3.58. The van der Waals surface area contributed by atoms with Crippen LogP contribution < -0.4 is 10.6 Å². The molecule has 0 saturated heterocycles. The van der Waals surface area contributed by atoms with Crippen LogP contribution in [0.25, 0.3) is 22.5 Å². The van der Waals surface area contributed by atoms with Crippen LogP contribution in [0, 0.1) is 6.92 Å². The molecule has 2 heterocycles. The minimum atomic E-state index is -4.35. The summed E-state index contributed by atoms with van der Waals surface area (Å²) in [7, 11) is -3.96. The predicted molar refractivity (Wildman–Crippen MR) is 194 cm³/mol. The van der Waals surface area contributed by atoms with E-state index in [2.05, 4.69) is 20.8 Å². The molecule has 1 saturated carbocycles. The quantitative estimate of drug-likeness (QED) is 0.113. The Bertz CT molecular complexity index is 1960. The van der Waals surface area contributed by atoms with E-state index in [-0.39, 0.29) is 31.2 Å². The first kappa shape index (κ1) is 37.5. The van der Waals surface area contributed by atoms with Gasteiger partial charge in [0.25, 0.3) is 5.89 Å². The second kappa shape index (κ2) is 15.8. The second-order valence-corrected chi connectivity index (χ2v) is 15.7. The van der Waals surface area contributed by atoms with E-state index < -0.39 is 32.1 Å². The average molecular weight is 738 g/mol. The summed E-state index contributed by atoms with van der Waals surface area (Å²) in [5.41, 5.74) is 4.32. The second-order valence-electron chi connectivity index (χ2n) is 14.1. The first-order valence-electron chi connectivity index (χ1n) is 17.3. The predicted octanol–water partition coefficient (Wildman–Crippen LogP) is 10.1. The number of aryl methyl sites for hydroxylation is 1. The molecule has 52 heavy (non-hydrogen) atoms. The molecule has 5 aromatic rings. The van der Waals surface area contributed by atoms with Crippen molar-refractivity contribution < 1.29 is 35.7 Å². The Hall–Kier alpha value is -4.29. The van der Waals surface area contributed by atoms with Gasteiger partial charge in [-0.1, -0.05) is 86.5 Å². The summed E-state index contributed by atoms with van der Waals surface area (Å²) in [6, 6.07) is 24.1. The lowest BCUT2D eigenvalue weighted by Gasteiger charge is -2.31. The number of hydrogen-bond acceptors (Lipinski definition) is 10. The van der Waals surface area contributed by atoms with Crippen molar-refractivity contribution in [1.29, 1.82) is 0 Å². The molecule has 1 aliphatic rings. The van der Waals surface area contributed by atoms with Gasteiger partial charge in [0.1, 0.15) is 12.2 Å². The number of nitrogens with zero attached hydrogens (tertiary/aromatic N) is 3. The summed E-state index contributed by atoms with van der Waals surface area (Å²) in [4.78, 5) is 4.86. The highest BCUT2D eigenvalue weighted by atomic mass is 31.2. The molecule has 276 valence electrons. The third-order valence-corrected chi connectivity index (χ3v) is 10.2. The molecule has 0 unspecified atom stereocenters. The number of benzene rings is 3. The Morgan fingerprint density at radius 1 is 0.904 bits per heavy atom. The Morgan fingerprint density at radius 3 is 2.17 bits per heavy atom. The first-order valence-corrected chi connectivity index (χ1v) is 18.7. The molecular formula is C38H43F3N5O5P. The molecule has 14 heteroatoms. The first-order chi connectivity index (χ1) is 24.7. The van der Waals surface area contributed by atoms with E-state index >= 15 is 0 Å². The number of phosphoric ester groups is 1. The minimum absolute atomic E-state index is 0.0711. The molecule has 6 rings (SSSR count). The fourth-order valence-electron chi connectivity index (χ4n) is 6.14. The van der Waals surface area contributed by atoms with Crippen LogP contribution in [0.4, 0.5) is 24.9 Å². The van der Waals surface area contributed by atoms with Gasteiger partial charge in [-0.05, 0) is 78.5 Å². The number of fused-ring (bicyclic) bond motifs is 1. The monoisotopic (exact) mass is 737 g/mol. The van der Waals surface area contributed by atoms with E-state index in [1.807, 2.05) is 88.4 Å². The molecule has 0 amide bonds. The van der Waals surface area contributed by atoms with Crippen molar-refractivity contribution in [3.05, 3.63) is 101 Å². The summed E-state index contributed by atoms with van der Waals surface area (Å²) >= 11 is 0. The molecule has 2 aromatic heterocycles. The SMILES string of the molecule is Cc1cc(-c2nnc(N[C@@H]3CCC[C@H](OP(=O)(OCc4ccccc4)OCc4ccccc4)C3)o2)nc2c(C(C)(C)C)cc(NCC(F)(F)F)cc12. The Balaban J connectivity index is 1.15. The zero-order chi connectivity index (χ0) is 36.9. The minimum Gasteiger partial charge on any atom is -0.402 e. The van der Waals surface area contributed by atoms with Gasteiger partial charge in [0, 0.05) is 17.1 Å². The fourth-order valence-corrected chi connectivity index (χ4v) is 7.51. The van der Waals surface area contributed by atoms with Gasteiger partial charge in [-0.15, -0.1) is 5.10 Å². The summed E-state index contributed by atoms with van der Waals surface area (Å²) in [5, 5.41) is 15.0. The standard InChI is InChI=1S/C38H43F3N5O5P/c1-25-18-33(44-34-31(25)20-29(42-24-38(39,40)41)21-32(34)37(2,3)4)35-45-46-36(50-35)43-28-16-11-17-30(19-28)51-52(47,48-22-26-12-7-5-8-13-26)49-23-27-14-9-6-10-15-27/h5-10,12-15,18,20-21,28,30,42H,11,16-17,19,22-24H2,1-4H3,(H,43,46)/t28-,30+/m1/s1. The van der Waals surface area contributed by atoms with Crippen molar-refractivity contribution in [3.8, 4) is 11.6 Å². The number of anilines is 2. The summed E-state index contributed by atoms with van der Waals surface area (Å²) in [6.45, 7) is 6.83. The van der Waals surface area contributed by atoms with Gasteiger partial charge in [-0.2, -0.15) is 13.2 Å². The number of hydrogen-bond donors (Lipinski definition) is 2. The molecule has 0 bridgehead atoms. The maximum absolute atomic E-state index is 14.0. The van der Waals surface area contributed by atoms with Crippen molar-refractivity contribution in [2.45, 2.75) is 90.3 Å². The molecule has 3 aromatic carbocycles. The zero-order valence-electron chi connectivity index (χ0n) is 29.6. The Morgan fingerprint density at radius 2 is 1.56 bits per heavy atom. The fraction of sp³-hybridized carbons (Fsp3) is 0.395. The normalized spacial score (nSPS) is 17.0. The third kappa shape index (κ3) is 9.97. The van der Waals surface area contributed by atoms with Crippen molar-refractivity contribution in [2.75, 3.05) is 17.2 Å². The number of rotatable bonds is 13. The molecule has 0 aliphatic heterocycles. The summed E-state index contributed by atoms with van der Waals surface area (Å²) < 4.78 is 76.8. The van der Waals surface area contributed by atoms with Gasteiger partial charge in [-0.25, -0.2) is 9.55 Å². The lowest BCUT2D eigenvalue weighted by atomic mass is 9.84. The van der Waals surface area contributed by atoms with E-state index in [1.165, 1.54) is 0 Å². The van der Waals surface area contributed by atoms with Gasteiger partial charge in [-0.3, -0.25) is 13.6 Å². The topological polar surface area (TPSA) is 121 Å². The highest BCUT2D eigenvalue weighted by Crippen LogP contribution is 2.53. The summed E-state index contributed by atoms with van der Waals surface area (Å²) in [6.07, 6.45) is -2.00. The van der Waals surface area contributed by atoms with Gasteiger partial charge < -0.3 is 15.1 Å². The van der Waals surface area contributed by atoms with Crippen LogP contribution in [0.1, 0.15) is 68.7 Å². The summed E-state index contributed by atoms with van der Waals surface area (Å²) in [5.74, 6) is 0.198. The van der Waals surface area contributed by atoms with E-state index in [9.17, 15) is 17.7 Å². The van der Waals surface area contributed by atoms with Crippen LogP contribution in [0.15, 0.2) is 83.3 Å². The van der Waals surface area contributed by atoms with Crippen LogP contribution in [-0.2, 0) is 36.8 Å². The molecule has 0 radical (unpaired) electrons. The smallest absolute Gasteiger partial charge is 0.402 e. The lowest BCUT2D eigenvalue weighted by Crippen LogP contribution is -2.31. The number of alkyl halides is 3. The lowest BCUT2D eigenvalue weighted by molar-refractivity contribution is -0.115. The largest absolute Gasteiger partial charge is 0.475 e. The molecular weight excluding hydrogens is 694 g/mol. The third-order valence-electron chi connectivity index (χ3n) is 8.76. The number of pyridine rings is 1. The van der Waals surface area contributed by atoms with Crippen molar-refractivity contribution >= 4 is 30.4 Å². The van der Waals surface area contributed by atoms with E-state index in [1.54, 1.807) is 18.2 Å². The highest BCUT2D eigenvalue weighted by Gasteiger charge is 2.35. The van der Waals surface area contributed by atoms with Crippen LogP contribution in [0.5, 0.6) is 0 Å². The number of aromatic nitrogens is 3.